The second-order valence-electron chi connectivity index (χ2n) is 5.48. The van der Waals surface area contributed by atoms with Gasteiger partial charge in [0.05, 0.1) is 12.6 Å². The highest BCUT2D eigenvalue weighted by Gasteiger charge is 2.39. The number of carbonyl (C=O) groups excluding carboxylic acids is 3. The van der Waals surface area contributed by atoms with Crippen LogP contribution in [0.1, 0.15) is 19.8 Å². The van der Waals surface area contributed by atoms with Crippen LogP contribution in [0.4, 0.5) is 4.79 Å². The number of nitrogens with two attached hydrogens (primary N) is 4. The van der Waals surface area contributed by atoms with Crippen molar-refractivity contribution in [1.29, 1.82) is 0 Å². The number of nitrogens with one attached hydrogen (secondary N) is 3. The van der Waals surface area contributed by atoms with Gasteiger partial charge in [-0.3, -0.25) is 25.2 Å². The molecule has 24 heavy (non-hydrogen) atoms. The van der Waals surface area contributed by atoms with Gasteiger partial charge in [-0.25, -0.2) is 9.79 Å². The van der Waals surface area contributed by atoms with Crippen molar-refractivity contribution in [2.45, 2.75) is 31.3 Å². The molecule has 2 atom stereocenters. The highest BCUT2D eigenvalue weighted by atomic mass is 16.2. The van der Waals surface area contributed by atoms with Crippen LogP contribution >= 0.6 is 0 Å². The van der Waals surface area contributed by atoms with Gasteiger partial charge in [-0.05, 0) is 19.8 Å². The topological polar surface area (TPSA) is 216 Å². The molecule has 11 N–H and O–H groups in total. The van der Waals surface area contributed by atoms with Gasteiger partial charge in [0.1, 0.15) is 5.54 Å². The van der Waals surface area contributed by atoms with Crippen LogP contribution in [0.25, 0.3) is 0 Å². The van der Waals surface area contributed by atoms with Crippen LogP contribution in [-0.4, -0.2) is 54.4 Å². The zero-order valence-electron chi connectivity index (χ0n) is 13.3. The van der Waals surface area contributed by atoms with Gasteiger partial charge in [0.2, 0.25) is 11.9 Å². The Morgan fingerprint density at radius 1 is 1.42 bits per heavy atom. The van der Waals surface area contributed by atoms with E-state index in [2.05, 4.69) is 25.9 Å². The summed E-state index contributed by atoms with van der Waals surface area (Å²) in [4.78, 5) is 42.7. The maximum absolute atomic E-state index is 12.1. The monoisotopic (exact) mass is 341 g/mol. The molecule has 12 heteroatoms. The minimum Gasteiger partial charge on any atom is -0.370 e. The summed E-state index contributed by atoms with van der Waals surface area (Å²) in [5, 5.41) is 7.06. The number of nitrogens with zero attached hydrogens (tertiary/aromatic N) is 2. The Morgan fingerprint density at radius 3 is 2.62 bits per heavy atom. The third-order valence-corrected chi connectivity index (χ3v) is 3.23. The first-order chi connectivity index (χ1) is 11.1. The second-order valence-corrected chi connectivity index (χ2v) is 5.48. The SMILES string of the molecule is C[C@@]1(NC(=O)[C@H](N)CCCN=C(N)N)CN=C(NC(N)=O)NC1=O. The lowest BCUT2D eigenvalue weighted by Gasteiger charge is -2.32. The summed E-state index contributed by atoms with van der Waals surface area (Å²) < 4.78 is 0. The molecular formula is C12H23N9O3. The molecule has 1 aliphatic heterocycles. The van der Waals surface area contributed by atoms with E-state index in [0.717, 1.165) is 0 Å². The van der Waals surface area contributed by atoms with E-state index in [1.807, 2.05) is 0 Å². The summed E-state index contributed by atoms with van der Waals surface area (Å²) in [5.74, 6) is -1.14. The van der Waals surface area contributed by atoms with Crippen LogP contribution in [-0.2, 0) is 9.59 Å². The van der Waals surface area contributed by atoms with Crippen LogP contribution < -0.4 is 38.9 Å². The van der Waals surface area contributed by atoms with Crippen molar-refractivity contribution in [3.05, 3.63) is 0 Å². The molecule has 0 aromatic heterocycles. The van der Waals surface area contributed by atoms with Gasteiger partial charge in [-0.15, -0.1) is 0 Å². The molecule has 1 heterocycles. The molecule has 0 spiro atoms. The average molecular weight is 341 g/mol. The Balaban J connectivity index is 2.56. The van der Waals surface area contributed by atoms with Crippen molar-refractivity contribution in [2.75, 3.05) is 13.1 Å². The lowest BCUT2D eigenvalue weighted by Crippen LogP contribution is -2.66. The molecule has 0 saturated carbocycles. The van der Waals surface area contributed by atoms with E-state index in [9.17, 15) is 14.4 Å². The fraction of sp³-hybridized carbons (Fsp3) is 0.583. The second kappa shape index (κ2) is 8.10. The Morgan fingerprint density at radius 2 is 2.08 bits per heavy atom. The molecule has 0 saturated heterocycles. The van der Waals surface area contributed by atoms with Crippen LogP contribution in [0.3, 0.4) is 0 Å². The smallest absolute Gasteiger partial charge is 0.318 e. The zero-order valence-corrected chi connectivity index (χ0v) is 13.3. The first-order valence-electron chi connectivity index (χ1n) is 7.19. The Kier molecular flexibility index (Phi) is 6.47. The molecule has 1 aliphatic rings. The quantitative estimate of drug-likeness (QED) is 0.147. The summed E-state index contributed by atoms with van der Waals surface area (Å²) in [7, 11) is 0. The van der Waals surface area contributed by atoms with E-state index in [0.29, 0.717) is 19.4 Å². The van der Waals surface area contributed by atoms with E-state index in [4.69, 9.17) is 22.9 Å². The van der Waals surface area contributed by atoms with E-state index >= 15 is 0 Å². The standard InChI is InChI=1S/C12H23N9O3/c1-12(5-18-11(19-8(12)23)20-10(16)24)21-7(22)6(13)3-2-4-17-9(14)15/h6H,2-5,13H2,1H3,(H,21,22)(H4,14,15,17)(H4,16,18,19,20,23,24)/t6-,12-/m1/s1. The highest BCUT2D eigenvalue weighted by molar-refractivity contribution is 6.09. The average Bonchev–Trinajstić information content (AvgIpc) is 2.47. The van der Waals surface area contributed by atoms with Crippen molar-refractivity contribution >= 4 is 29.8 Å². The van der Waals surface area contributed by atoms with Crippen LogP contribution in [0.15, 0.2) is 9.98 Å². The number of aliphatic imine (C=N–C) groups is 2. The summed E-state index contributed by atoms with van der Waals surface area (Å²) >= 11 is 0. The number of hydrogen-bond donors (Lipinski definition) is 7. The van der Waals surface area contributed by atoms with Crippen LogP contribution in [0, 0.1) is 0 Å². The van der Waals surface area contributed by atoms with E-state index in [1.54, 1.807) is 0 Å². The van der Waals surface area contributed by atoms with E-state index in [-0.39, 0.29) is 18.5 Å². The molecule has 134 valence electrons. The van der Waals surface area contributed by atoms with Gasteiger partial charge in [-0.2, -0.15) is 0 Å². The minimum absolute atomic E-state index is 0.0300. The van der Waals surface area contributed by atoms with Gasteiger partial charge in [0.25, 0.3) is 5.91 Å². The summed E-state index contributed by atoms with van der Waals surface area (Å²) in [6.45, 7) is 1.78. The number of guanidine groups is 2. The Bertz CT molecular complexity index is 570. The molecule has 0 aliphatic carbocycles. The number of hydrogen-bond acceptors (Lipinski definition) is 6. The molecular weight excluding hydrogens is 318 g/mol. The molecule has 0 bridgehead atoms. The number of rotatable bonds is 6. The molecule has 0 radical (unpaired) electrons. The summed E-state index contributed by atoms with van der Waals surface area (Å²) in [5.41, 5.74) is 19.8. The lowest BCUT2D eigenvalue weighted by atomic mass is 9.99. The van der Waals surface area contributed by atoms with Gasteiger partial charge < -0.3 is 28.3 Å². The van der Waals surface area contributed by atoms with Gasteiger partial charge >= 0.3 is 6.03 Å². The van der Waals surface area contributed by atoms with E-state index in [1.165, 1.54) is 6.92 Å². The molecule has 12 nitrogen and oxygen atoms in total. The van der Waals surface area contributed by atoms with Crippen molar-refractivity contribution in [2.24, 2.45) is 32.9 Å². The highest BCUT2D eigenvalue weighted by Crippen LogP contribution is 2.10. The van der Waals surface area contributed by atoms with Gasteiger partial charge in [-0.1, -0.05) is 0 Å². The zero-order chi connectivity index (χ0) is 18.3. The van der Waals surface area contributed by atoms with Crippen molar-refractivity contribution in [1.82, 2.24) is 16.0 Å². The van der Waals surface area contributed by atoms with E-state index < -0.39 is 29.4 Å². The van der Waals surface area contributed by atoms with Crippen molar-refractivity contribution in [3.8, 4) is 0 Å². The predicted molar refractivity (Wildman–Crippen MR) is 87.6 cm³/mol. The third-order valence-electron chi connectivity index (χ3n) is 3.23. The number of primary amides is 1. The normalized spacial score (nSPS) is 21.1. The largest absolute Gasteiger partial charge is 0.370 e. The molecule has 0 fully saturated rings. The number of amides is 4. The molecule has 4 amide bonds. The van der Waals surface area contributed by atoms with Crippen molar-refractivity contribution < 1.29 is 14.4 Å². The van der Waals surface area contributed by atoms with Gasteiger partial charge in [0.15, 0.2) is 5.96 Å². The fourth-order valence-electron chi connectivity index (χ4n) is 1.89. The molecule has 0 aromatic rings. The predicted octanol–water partition coefficient (Wildman–Crippen LogP) is -3.60. The fourth-order valence-corrected chi connectivity index (χ4v) is 1.89. The van der Waals surface area contributed by atoms with Gasteiger partial charge in [0, 0.05) is 6.54 Å². The maximum Gasteiger partial charge on any atom is 0.318 e. The Hall–Kier alpha value is -2.89. The molecule has 0 unspecified atom stereocenters. The van der Waals surface area contributed by atoms with Crippen molar-refractivity contribution in [3.63, 3.8) is 0 Å². The number of carbonyl (C=O) groups is 3. The lowest BCUT2D eigenvalue weighted by molar-refractivity contribution is -0.132. The minimum atomic E-state index is -1.28. The van der Waals surface area contributed by atoms with Crippen LogP contribution in [0.2, 0.25) is 0 Å². The summed E-state index contributed by atoms with van der Waals surface area (Å²) in [6, 6.07) is -1.68. The Labute approximate surface area is 138 Å². The number of urea groups is 1. The molecule has 0 aromatic carbocycles. The maximum atomic E-state index is 12.1. The first-order valence-corrected chi connectivity index (χ1v) is 7.19. The molecule has 1 rings (SSSR count). The summed E-state index contributed by atoms with van der Waals surface area (Å²) in [6.07, 6.45) is 0.859. The third kappa shape index (κ3) is 5.72. The van der Waals surface area contributed by atoms with Crippen LogP contribution in [0.5, 0.6) is 0 Å². The first kappa shape index (κ1) is 19.2.